The first-order chi connectivity index (χ1) is 9.71. The van der Waals surface area contributed by atoms with Gasteiger partial charge in [-0.1, -0.05) is 13.8 Å². The molecular formula is C16H29F3N2. The molecule has 2 aliphatic rings. The van der Waals surface area contributed by atoms with Gasteiger partial charge in [0.1, 0.15) is 0 Å². The second kappa shape index (κ2) is 6.45. The van der Waals surface area contributed by atoms with Gasteiger partial charge >= 0.3 is 6.18 Å². The van der Waals surface area contributed by atoms with Gasteiger partial charge in [0, 0.05) is 31.1 Å². The maximum absolute atomic E-state index is 12.2. The summed E-state index contributed by atoms with van der Waals surface area (Å²) in [6.07, 6.45) is -1.19. The quantitative estimate of drug-likeness (QED) is 0.751. The zero-order valence-corrected chi connectivity index (χ0v) is 13.5. The molecule has 2 rings (SSSR count). The highest BCUT2D eigenvalue weighted by molar-refractivity contribution is 5.04. The van der Waals surface area contributed by atoms with Crippen LogP contribution in [0, 0.1) is 11.8 Å². The summed E-state index contributed by atoms with van der Waals surface area (Å²) >= 11 is 0. The van der Waals surface area contributed by atoms with E-state index in [1.165, 1.54) is 12.8 Å². The SMILES string of the molecule is CC(C)C1CNC(C)(C2CC2)CN1CCCCC(F)(F)F. The Morgan fingerprint density at radius 3 is 2.43 bits per heavy atom. The summed E-state index contributed by atoms with van der Waals surface area (Å²) in [6, 6.07) is 0.447. The van der Waals surface area contributed by atoms with E-state index in [0.29, 0.717) is 18.4 Å². The van der Waals surface area contributed by atoms with E-state index >= 15 is 0 Å². The predicted octanol–water partition coefficient (Wildman–Crippen LogP) is 3.82. The highest BCUT2D eigenvalue weighted by atomic mass is 19.4. The van der Waals surface area contributed by atoms with E-state index < -0.39 is 12.6 Å². The molecule has 1 N–H and O–H groups in total. The Hall–Kier alpha value is -0.290. The molecule has 0 aromatic rings. The monoisotopic (exact) mass is 306 g/mol. The molecular weight excluding hydrogens is 277 g/mol. The first kappa shape index (κ1) is 17.1. The molecule has 124 valence electrons. The van der Waals surface area contributed by atoms with Gasteiger partial charge in [-0.2, -0.15) is 13.2 Å². The number of hydrogen-bond acceptors (Lipinski definition) is 2. The van der Waals surface area contributed by atoms with Crippen molar-refractivity contribution >= 4 is 0 Å². The Balaban J connectivity index is 1.85. The van der Waals surface area contributed by atoms with Crippen molar-refractivity contribution in [3.63, 3.8) is 0 Å². The zero-order valence-electron chi connectivity index (χ0n) is 13.5. The molecule has 1 heterocycles. The van der Waals surface area contributed by atoms with E-state index in [-0.39, 0.29) is 12.0 Å². The molecule has 2 nitrogen and oxygen atoms in total. The number of hydrogen-bond donors (Lipinski definition) is 1. The lowest BCUT2D eigenvalue weighted by molar-refractivity contribution is -0.136. The molecule has 0 radical (unpaired) electrons. The van der Waals surface area contributed by atoms with Gasteiger partial charge in [-0.15, -0.1) is 0 Å². The lowest BCUT2D eigenvalue weighted by atomic mass is 9.88. The third-order valence-corrected chi connectivity index (χ3v) is 5.12. The highest BCUT2D eigenvalue weighted by Gasteiger charge is 2.46. The second-order valence-corrected chi connectivity index (χ2v) is 7.43. The molecule has 2 atom stereocenters. The van der Waals surface area contributed by atoms with Gasteiger partial charge < -0.3 is 5.32 Å². The molecule has 0 aromatic heterocycles. The molecule has 0 spiro atoms. The Labute approximate surface area is 126 Å². The summed E-state index contributed by atoms with van der Waals surface area (Å²) in [6.45, 7) is 9.42. The van der Waals surface area contributed by atoms with Gasteiger partial charge in [0.25, 0.3) is 0 Å². The maximum atomic E-state index is 12.2. The van der Waals surface area contributed by atoms with Crippen LogP contribution in [0.25, 0.3) is 0 Å². The number of unbranched alkanes of at least 4 members (excludes halogenated alkanes) is 1. The predicted molar refractivity (Wildman–Crippen MR) is 79.2 cm³/mol. The van der Waals surface area contributed by atoms with Crippen LogP contribution in [0.4, 0.5) is 13.2 Å². The molecule has 1 aliphatic carbocycles. The van der Waals surface area contributed by atoms with Crippen molar-refractivity contribution in [3.05, 3.63) is 0 Å². The number of nitrogens with zero attached hydrogens (tertiary/aromatic N) is 1. The third kappa shape index (κ3) is 4.85. The molecule has 1 aliphatic heterocycles. The fourth-order valence-corrected chi connectivity index (χ4v) is 3.60. The number of nitrogens with one attached hydrogen (secondary N) is 1. The van der Waals surface area contributed by atoms with Crippen LogP contribution in [-0.4, -0.2) is 42.3 Å². The first-order valence-corrected chi connectivity index (χ1v) is 8.27. The van der Waals surface area contributed by atoms with Crippen molar-refractivity contribution < 1.29 is 13.2 Å². The molecule has 1 saturated carbocycles. The van der Waals surface area contributed by atoms with Gasteiger partial charge in [0.2, 0.25) is 0 Å². The van der Waals surface area contributed by atoms with Crippen molar-refractivity contribution in [2.24, 2.45) is 11.8 Å². The van der Waals surface area contributed by atoms with Crippen molar-refractivity contribution in [1.82, 2.24) is 10.2 Å². The number of rotatable bonds is 6. The molecule has 2 fully saturated rings. The van der Waals surface area contributed by atoms with Gasteiger partial charge in [-0.25, -0.2) is 0 Å². The topological polar surface area (TPSA) is 15.3 Å². The minimum Gasteiger partial charge on any atom is -0.308 e. The van der Waals surface area contributed by atoms with E-state index in [9.17, 15) is 13.2 Å². The van der Waals surface area contributed by atoms with E-state index in [4.69, 9.17) is 0 Å². The van der Waals surface area contributed by atoms with E-state index in [1.807, 2.05) is 0 Å². The van der Waals surface area contributed by atoms with Crippen molar-refractivity contribution in [1.29, 1.82) is 0 Å². The molecule has 0 amide bonds. The minimum atomic E-state index is -4.01. The Morgan fingerprint density at radius 1 is 1.24 bits per heavy atom. The zero-order chi connectivity index (χ0) is 15.7. The Bertz CT molecular complexity index is 339. The van der Waals surface area contributed by atoms with Crippen molar-refractivity contribution in [2.45, 2.75) is 70.6 Å². The summed E-state index contributed by atoms with van der Waals surface area (Å²) < 4.78 is 36.7. The largest absolute Gasteiger partial charge is 0.389 e. The lowest BCUT2D eigenvalue weighted by Crippen LogP contribution is -2.65. The minimum absolute atomic E-state index is 0.162. The number of halogens is 3. The van der Waals surface area contributed by atoms with Gasteiger partial charge in [-0.3, -0.25) is 4.90 Å². The number of piperazine rings is 1. The van der Waals surface area contributed by atoms with E-state index in [1.54, 1.807) is 0 Å². The summed E-state index contributed by atoms with van der Waals surface area (Å²) in [5, 5.41) is 3.71. The molecule has 2 unspecified atom stereocenters. The smallest absolute Gasteiger partial charge is 0.308 e. The maximum Gasteiger partial charge on any atom is 0.389 e. The number of alkyl halides is 3. The van der Waals surface area contributed by atoms with Crippen LogP contribution in [0.5, 0.6) is 0 Å². The van der Waals surface area contributed by atoms with Crippen LogP contribution in [0.3, 0.4) is 0 Å². The van der Waals surface area contributed by atoms with Crippen molar-refractivity contribution in [3.8, 4) is 0 Å². The van der Waals surface area contributed by atoms with E-state index in [0.717, 1.165) is 25.6 Å². The average molecular weight is 306 g/mol. The summed E-state index contributed by atoms with van der Waals surface area (Å²) in [7, 11) is 0. The Kier molecular flexibility index (Phi) is 5.24. The molecule has 5 heteroatoms. The van der Waals surface area contributed by atoms with Crippen LogP contribution in [-0.2, 0) is 0 Å². The lowest BCUT2D eigenvalue weighted by Gasteiger charge is -2.48. The third-order valence-electron chi connectivity index (χ3n) is 5.12. The van der Waals surface area contributed by atoms with Gasteiger partial charge in [0.15, 0.2) is 0 Å². The molecule has 0 aromatic carbocycles. The van der Waals surface area contributed by atoms with Crippen molar-refractivity contribution in [2.75, 3.05) is 19.6 Å². The van der Waals surface area contributed by atoms with E-state index in [2.05, 4.69) is 31.0 Å². The Morgan fingerprint density at radius 2 is 1.90 bits per heavy atom. The fourth-order valence-electron chi connectivity index (χ4n) is 3.60. The van der Waals surface area contributed by atoms with Crippen LogP contribution >= 0.6 is 0 Å². The highest BCUT2D eigenvalue weighted by Crippen LogP contribution is 2.41. The molecule has 1 saturated heterocycles. The van der Waals surface area contributed by atoms with Crippen LogP contribution in [0.15, 0.2) is 0 Å². The van der Waals surface area contributed by atoms with Crippen LogP contribution in [0.2, 0.25) is 0 Å². The second-order valence-electron chi connectivity index (χ2n) is 7.43. The van der Waals surface area contributed by atoms with Crippen LogP contribution in [0.1, 0.15) is 52.9 Å². The normalized spacial score (nSPS) is 31.9. The summed E-state index contributed by atoms with van der Waals surface area (Å²) in [5.74, 6) is 1.28. The van der Waals surface area contributed by atoms with Gasteiger partial charge in [0.05, 0.1) is 0 Å². The van der Waals surface area contributed by atoms with Gasteiger partial charge in [-0.05, 0) is 51.0 Å². The van der Waals surface area contributed by atoms with Crippen LogP contribution < -0.4 is 5.32 Å². The molecule has 0 bridgehead atoms. The molecule has 21 heavy (non-hydrogen) atoms. The first-order valence-electron chi connectivity index (χ1n) is 8.27. The average Bonchev–Trinajstić information content (AvgIpc) is 3.17. The standard InChI is InChI=1S/C16H29F3N2/c1-12(2)14-10-20-15(3,13-6-7-13)11-21(14)9-5-4-8-16(17,18)19/h12-14,20H,4-11H2,1-3H3. The fraction of sp³-hybridized carbons (Fsp3) is 1.00. The summed E-state index contributed by atoms with van der Waals surface area (Å²) in [4.78, 5) is 2.44. The summed E-state index contributed by atoms with van der Waals surface area (Å²) in [5.41, 5.74) is 0.162.